The summed E-state index contributed by atoms with van der Waals surface area (Å²) in [5.41, 5.74) is 0.680. The molecule has 1 aromatic carbocycles. The first-order chi connectivity index (χ1) is 12.2. The van der Waals surface area contributed by atoms with Gasteiger partial charge in [-0.15, -0.1) is 0 Å². The highest BCUT2D eigenvalue weighted by molar-refractivity contribution is 5.32. The molecular formula is C18H22N6O. The summed E-state index contributed by atoms with van der Waals surface area (Å²) < 4.78 is 3.76. The molecule has 1 N–H and O–H groups in total. The van der Waals surface area contributed by atoms with E-state index in [2.05, 4.69) is 24.6 Å². The quantitative estimate of drug-likeness (QED) is 0.785. The van der Waals surface area contributed by atoms with Gasteiger partial charge in [-0.2, -0.15) is 5.10 Å². The van der Waals surface area contributed by atoms with Crippen LogP contribution in [-0.4, -0.2) is 42.3 Å². The van der Waals surface area contributed by atoms with Gasteiger partial charge in [0.15, 0.2) is 0 Å². The zero-order valence-corrected chi connectivity index (χ0v) is 14.3. The van der Waals surface area contributed by atoms with Crippen LogP contribution in [-0.2, 0) is 13.6 Å². The average Bonchev–Trinajstić information content (AvgIpc) is 3.22. The van der Waals surface area contributed by atoms with E-state index in [1.807, 2.05) is 49.8 Å². The van der Waals surface area contributed by atoms with E-state index in [-0.39, 0.29) is 11.6 Å². The molecule has 0 spiro atoms. The van der Waals surface area contributed by atoms with Gasteiger partial charge in [0.2, 0.25) is 0 Å². The van der Waals surface area contributed by atoms with Crippen molar-refractivity contribution >= 4 is 0 Å². The molecule has 0 bridgehead atoms. The molecule has 1 atom stereocenters. The highest BCUT2D eigenvalue weighted by Crippen LogP contribution is 2.27. The van der Waals surface area contributed by atoms with Crippen molar-refractivity contribution in [1.82, 2.24) is 29.2 Å². The molecule has 1 saturated heterocycles. The summed E-state index contributed by atoms with van der Waals surface area (Å²) in [6.07, 6.45) is 5.92. The van der Waals surface area contributed by atoms with Gasteiger partial charge in [-0.1, -0.05) is 18.2 Å². The normalized spacial score (nSPS) is 18.5. The van der Waals surface area contributed by atoms with Gasteiger partial charge in [0.25, 0.3) is 0 Å². The summed E-state index contributed by atoms with van der Waals surface area (Å²) in [4.78, 5) is 19.1. The first-order valence-electron chi connectivity index (χ1n) is 8.63. The van der Waals surface area contributed by atoms with Gasteiger partial charge in [0, 0.05) is 31.9 Å². The third kappa shape index (κ3) is 3.15. The average molecular weight is 338 g/mol. The van der Waals surface area contributed by atoms with Crippen LogP contribution in [0, 0.1) is 0 Å². The maximum Gasteiger partial charge on any atom is 0.347 e. The Morgan fingerprint density at radius 3 is 2.88 bits per heavy atom. The van der Waals surface area contributed by atoms with E-state index in [1.165, 1.54) is 0 Å². The Morgan fingerprint density at radius 2 is 2.12 bits per heavy atom. The minimum atomic E-state index is -0.178. The van der Waals surface area contributed by atoms with Gasteiger partial charge < -0.3 is 4.57 Å². The zero-order valence-electron chi connectivity index (χ0n) is 14.3. The van der Waals surface area contributed by atoms with Crippen molar-refractivity contribution in [2.24, 2.45) is 7.05 Å². The monoisotopic (exact) mass is 338 g/mol. The van der Waals surface area contributed by atoms with Crippen LogP contribution in [0.25, 0.3) is 5.69 Å². The Labute approximate surface area is 145 Å². The van der Waals surface area contributed by atoms with Crippen LogP contribution in [0.4, 0.5) is 0 Å². The summed E-state index contributed by atoms with van der Waals surface area (Å²) in [5.74, 6) is 2.11. The molecule has 0 saturated carbocycles. The second-order valence-corrected chi connectivity index (χ2v) is 6.59. The largest absolute Gasteiger partial charge is 0.347 e. The van der Waals surface area contributed by atoms with E-state index in [0.717, 1.165) is 49.8 Å². The van der Waals surface area contributed by atoms with Gasteiger partial charge in [-0.25, -0.2) is 19.4 Å². The molecule has 4 rings (SSSR count). The fourth-order valence-corrected chi connectivity index (χ4v) is 3.57. The van der Waals surface area contributed by atoms with E-state index >= 15 is 0 Å². The lowest BCUT2D eigenvalue weighted by atomic mass is 9.97. The number of nitrogens with zero attached hydrogens (tertiary/aromatic N) is 5. The molecule has 7 nitrogen and oxygen atoms in total. The van der Waals surface area contributed by atoms with Crippen molar-refractivity contribution in [2.75, 3.05) is 13.1 Å². The molecule has 0 unspecified atom stereocenters. The predicted octanol–water partition coefficient (Wildman–Crippen LogP) is 1.67. The number of rotatable bonds is 4. The van der Waals surface area contributed by atoms with E-state index in [0.29, 0.717) is 0 Å². The fraction of sp³-hybridized carbons (Fsp3) is 0.389. The van der Waals surface area contributed by atoms with Crippen LogP contribution in [0.3, 0.4) is 0 Å². The van der Waals surface area contributed by atoms with Crippen LogP contribution in [0.1, 0.15) is 30.4 Å². The standard InChI is InChI=1S/C18H22N6O/c1-22-11-9-19-16(22)13-23-10-5-6-14(12-23)17-20-21-18(25)24(17)15-7-3-2-4-8-15/h2-4,7-9,11,14H,5-6,10,12-13H2,1H3,(H,21,25)/t14-/m0/s1. The lowest BCUT2D eigenvalue weighted by Crippen LogP contribution is -2.36. The van der Waals surface area contributed by atoms with E-state index in [9.17, 15) is 4.79 Å². The predicted molar refractivity (Wildman–Crippen MR) is 94.6 cm³/mol. The van der Waals surface area contributed by atoms with E-state index < -0.39 is 0 Å². The number of nitrogens with one attached hydrogen (secondary N) is 1. The molecular weight excluding hydrogens is 316 g/mol. The topological polar surface area (TPSA) is 71.7 Å². The Balaban J connectivity index is 1.58. The van der Waals surface area contributed by atoms with Crippen molar-refractivity contribution in [3.05, 3.63) is 64.9 Å². The van der Waals surface area contributed by atoms with Crippen molar-refractivity contribution in [2.45, 2.75) is 25.3 Å². The Hall–Kier alpha value is -2.67. The van der Waals surface area contributed by atoms with Gasteiger partial charge in [0.1, 0.15) is 11.6 Å². The first-order valence-corrected chi connectivity index (χ1v) is 8.63. The second-order valence-electron chi connectivity index (χ2n) is 6.59. The zero-order chi connectivity index (χ0) is 17.2. The van der Waals surface area contributed by atoms with Crippen LogP contribution in [0.15, 0.2) is 47.5 Å². The number of aromatic amines is 1. The minimum absolute atomic E-state index is 0.178. The smallest absolute Gasteiger partial charge is 0.337 e. The third-order valence-electron chi connectivity index (χ3n) is 4.87. The minimum Gasteiger partial charge on any atom is -0.337 e. The van der Waals surface area contributed by atoms with Gasteiger partial charge >= 0.3 is 5.69 Å². The van der Waals surface area contributed by atoms with Crippen LogP contribution < -0.4 is 5.69 Å². The molecule has 1 aliphatic rings. The molecule has 3 aromatic rings. The van der Waals surface area contributed by atoms with Crippen molar-refractivity contribution in [3.63, 3.8) is 0 Å². The molecule has 7 heteroatoms. The Kier molecular flexibility index (Phi) is 4.23. The molecule has 1 aliphatic heterocycles. The Morgan fingerprint density at radius 1 is 1.28 bits per heavy atom. The Bertz CT molecular complexity index is 894. The first kappa shape index (κ1) is 15.8. The molecule has 1 fully saturated rings. The molecule has 3 heterocycles. The molecule has 0 radical (unpaired) electrons. The second kappa shape index (κ2) is 6.68. The number of imidazole rings is 1. The number of hydrogen-bond acceptors (Lipinski definition) is 4. The number of aryl methyl sites for hydroxylation is 1. The van der Waals surface area contributed by atoms with Crippen LogP contribution in [0.2, 0.25) is 0 Å². The molecule has 130 valence electrons. The van der Waals surface area contributed by atoms with E-state index in [4.69, 9.17) is 0 Å². The molecule has 25 heavy (non-hydrogen) atoms. The van der Waals surface area contributed by atoms with Crippen molar-refractivity contribution < 1.29 is 0 Å². The van der Waals surface area contributed by atoms with Gasteiger partial charge in [-0.3, -0.25) is 4.90 Å². The third-order valence-corrected chi connectivity index (χ3v) is 4.87. The molecule has 0 aliphatic carbocycles. The fourth-order valence-electron chi connectivity index (χ4n) is 3.57. The van der Waals surface area contributed by atoms with E-state index in [1.54, 1.807) is 4.57 Å². The summed E-state index contributed by atoms with van der Waals surface area (Å²) in [6, 6.07) is 9.70. The van der Waals surface area contributed by atoms with Crippen LogP contribution >= 0.6 is 0 Å². The van der Waals surface area contributed by atoms with Crippen molar-refractivity contribution in [1.29, 1.82) is 0 Å². The number of aromatic nitrogens is 5. The summed E-state index contributed by atoms with van der Waals surface area (Å²) >= 11 is 0. The highest BCUT2D eigenvalue weighted by Gasteiger charge is 2.27. The molecule has 2 aromatic heterocycles. The number of benzene rings is 1. The number of hydrogen-bond donors (Lipinski definition) is 1. The summed E-state index contributed by atoms with van der Waals surface area (Å²) in [5, 5.41) is 6.97. The SMILES string of the molecule is Cn1ccnc1CN1CCC[C@H](c2n[nH]c(=O)n2-c2ccccc2)C1. The number of H-pyrrole nitrogens is 1. The molecule has 0 amide bonds. The van der Waals surface area contributed by atoms with Crippen LogP contribution in [0.5, 0.6) is 0 Å². The van der Waals surface area contributed by atoms with Gasteiger partial charge in [0.05, 0.1) is 12.2 Å². The van der Waals surface area contributed by atoms with Gasteiger partial charge in [-0.05, 0) is 31.5 Å². The highest BCUT2D eigenvalue weighted by atomic mass is 16.1. The summed E-state index contributed by atoms with van der Waals surface area (Å²) in [7, 11) is 2.02. The number of piperidine rings is 1. The maximum atomic E-state index is 12.3. The van der Waals surface area contributed by atoms with Crippen molar-refractivity contribution in [3.8, 4) is 5.69 Å². The summed E-state index contributed by atoms with van der Waals surface area (Å²) in [6.45, 7) is 2.74. The lowest BCUT2D eigenvalue weighted by molar-refractivity contribution is 0.190. The number of para-hydroxylation sites is 1. The lowest BCUT2D eigenvalue weighted by Gasteiger charge is -2.31. The maximum absolute atomic E-state index is 12.3. The number of likely N-dealkylation sites (tertiary alicyclic amines) is 1.